The third-order valence-corrected chi connectivity index (χ3v) is 1.30. The Morgan fingerprint density at radius 3 is 2.62 bits per heavy atom. The summed E-state index contributed by atoms with van der Waals surface area (Å²) in [7, 11) is 1.61. The van der Waals surface area contributed by atoms with Crippen molar-refractivity contribution in [1.29, 1.82) is 0 Å². The van der Waals surface area contributed by atoms with E-state index in [-0.39, 0.29) is 0 Å². The largest absolute Gasteiger partial charge is 0.481 e. The van der Waals surface area contributed by atoms with Gasteiger partial charge in [0.25, 0.3) is 0 Å². The molecule has 0 N–H and O–H groups in total. The topological polar surface area (TPSA) is 31.4 Å². The average Bonchev–Trinajstić information content (AvgIpc) is 2.19. The molecule has 13 heavy (non-hydrogen) atoms. The van der Waals surface area contributed by atoms with Crippen molar-refractivity contribution < 1.29 is 9.47 Å². The second kappa shape index (κ2) is 6.04. The first-order valence-electron chi connectivity index (χ1n) is 3.91. The van der Waals surface area contributed by atoms with Crippen molar-refractivity contribution in [1.82, 2.24) is 4.98 Å². The molecule has 0 aromatic carbocycles. The Balaban J connectivity index is 2.25. The second-order valence-electron chi connectivity index (χ2n) is 2.26. The maximum absolute atomic E-state index is 5.28. The lowest BCUT2D eigenvalue weighted by atomic mass is 10.4. The molecular formula is C10H11NO2. The van der Waals surface area contributed by atoms with Gasteiger partial charge in [0.1, 0.15) is 19.0 Å². The lowest BCUT2D eigenvalue weighted by Gasteiger charge is -1.98. The number of nitrogens with zero attached hydrogens (tertiary/aromatic N) is 1. The molecule has 0 unspecified atom stereocenters. The standard InChI is InChI=1S/C10H11NO2/c1-12-8-2-3-9-13-10-4-6-11-7-5-10/h4-7H,8-9H2,1H3. The minimum Gasteiger partial charge on any atom is -0.481 e. The highest BCUT2D eigenvalue weighted by molar-refractivity contribution is 5.17. The van der Waals surface area contributed by atoms with Gasteiger partial charge in [-0.15, -0.1) is 0 Å². The third kappa shape index (κ3) is 4.14. The minimum atomic E-state index is 0.382. The predicted octanol–water partition coefficient (Wildman–Crippen LogP) is 1.11. The van der Waals surface area contributed by atoms with Gasteiger partial charge >= 0.3 is 0 Å². The zero-order valence-corrected chi connectivity index (χ0v) is 7.49. The van der Waals surface area contributed by atoms with Crippen LogP contribution < -0.4 is 4.74 Å². The minimum absolute atomic E-state index is 0.382. The van der Waals surface area contributed by atoms with Gasteiger partial charge in [-0.1, -0.05) is 11.8 Å². The van der Waals surface area contributed by atoms with Gasteiger partial charge in [-0.25, -0.2) is 0 Å². The first kappa shape index (κ1) is 9.56. The van der Waals surface area contributed by atoms with Crippen LogP contribution in [0.1, 0.15) is 0 Å². The molecule has 0 aliphatic rings. The molecule has 1 heterocycles. The fraction of sp³-hybridized carbons (Fsp3) is 0.300. The predicted molar refractivity (Wildman–Crippen MR) is 49.4 cm³/mol. The van der Waals surface area contributed by atoms with Crippen LogP contribution in [-0.2, 0) is 4.74 Å². The molecule has 0 amide bonds. The van der Waals surface area contributed by atoms with E-state index in [1.807, 2.05) is 0 Å². The fourth-order valence-electron chi connectivity index (χ4n) is 0.728. The Bertz CT molecular complexity index is 287. The van der Waals surface area contributed by atoms with Crippen LogP contribution in [-0.4, -0.2) is 25.3 Å². The number of ether oxygens (including phenoxy) is 2. The van der Waals surface area contributed by atoms with Crippen LogP contribution in [0.4, 0.5) is 0 Å². The van der Waals surface area contributed by atoms with E-state index in [1.165, 1.54) is 0 Å². The molecule has 0 spiro atoms. The Hall–Kier alpha value is -1.53. The first-order chi connectivity index (χ1) is 6.43. The van der Waals surface area contributed by atoms with Gasteiger partial charge < -0.3 is 9.47 Å². The van der Waals surface area contributed by atoms with Gasteiger partial charge in [-0.3, -0.25) is 4.98 Å². The van der Waals surface area contributed by atoms with Crippen LogP contribution in [0.3, 0.4) is 0 Å². The number of hydrogen-bond donors (Lipinski definition) is 0. The van der Waals surface area contributed by atoms with Crippen LogP contribution in [0.2, 0.25) is 0 Å². The van der Waals surface area contributed by atoms with E-state index < -0.39 is 0 Å². The normalized spacial score (nSPS) is 8.69. The molecule has 0 saturated carbocycles. The Labute approximate surface area is 77.7 Å². The maximum atomic E-state index is 5.28. The molecule has 1 rings (SSSR count). The van der Waals surface area contributed by atoms with Crippen molar-refractivity contribution in [3.05, 3.63) is 24.5 Å². The van der Waals surface area contributed by atoms with E-state index >= 15 is 0 Å². The van der Waals surface area contributed by atoms with Gasteiger partial charge in [0.2, 0.25) is 0 Å². The molecule has 1 aromatic heterocycles. The molecule has 0 atom stereocenters. The summed E-state index contributed by atoms with van der Waals surface area (Å²) < 4.78 is 10.0. The number of aromatic nitrogens is 1. The average molecular weight is 177 g/mol. The highest BCUT2D eigenvalue weighted by Gasteiger charge is 1.86. The summed E-state index contributed by atoms with van der Waals surface area (Å²) >= 11 is 0. The van der Waals surface area contributed by atoms with Gasteiger partial charge in [0.15, 0.2) is 0 Å². The number of pyridine rings is 1. The molecule has 0 fully saturated rings. The van der Waals surface area contributed by atoms with Crippen LogP contribution in [0.25, 0.3) is 0 Å². The molecule has 1 aromatic rings. The number of hydrogen-bond acceptors (Lipinski definition) is 3. The maximum Gasteiger partial charge on any atom is 0.149 e. The van der Waals surface area contributed by atoms with Gasteiger partial charge in [-0.05, 0) is 12.1 Å². The smallest absolute Gasteiger partial charge is 0.149 e. The quantitative estimate of drug-likeness (QED) is 0.648. The molecule has 0 bridgehead atoms. The summed E-state index contributed by atoms with van der Waals surface area (Å²) in [5, 5.41) is 0. The molecule has 0 saturated heterocycles. The van der Waals surface area contributed by atoms with E-state index in [9.17, 15) is 0 Å². The van der Waals surface area contributed by atoms with Crippen molar-refractivity contribution in [2.24, 2.45) is 0 Å². The van der Waals surface area contributed by atoms with E-state index in [0.29, 0.717) is 13.2 Å². The molecular weight excluding hydrogens is 166 g/mol. The summed E-state index contributed by atoms with van der Waals surface area (Å²) in [6.45, 7) is 0.826. The summed E-state index contributed by atoms with van der Waals surface area (Å²) in [5.41, 5.74) is 0. The Morgan fingerprint density at radius 1 is 1.23 bits per heavy atom. The lowest BCUT2D eigenvalue weighted by molar-refractivity contribution is 0.239. The van der Waals surface area contributed by atoms with Crippen molar-refractivity contribution in [3.8, 4) is 17.6 Å². The zero-order valence-electron chi connectivity index (χ0n) is 7.49. The lowest BCUT2D eigenvalue weighted by Crippen LogP contribution is -1.94. The monoisotopic (exact) mass is 177 g/mol. The second-order valence-corrected chi connectivity index (χ2v) is 2.26. The van der Waals surface area contributed by atoms with E-state index in [1.54, 1.807) is 31.6 Å². The van der Waals surface area contributed by atoms with Crippen molar-refractivity contribution in [2.75, 3.05) is 20.3 Å². The highest BCUT2D eigenvalue weighted by Crippen LogP contribution is 2.05. The van der Waals surface area contributed by atoms with Gasteiger partial charge in [-0.2, -0.15) is 0 Å². The Kier molecular flexibility index (Phi) is 4.44. The SMILES string of the molecule is COCC#CCOc1ccncc1. The van der Waals surface area contributed by atoms with Crippen LogP contribution in [0.15, 0.2) is 24.5 Å². The van der Waals surface area contributed by atoms with Crippen molar-refractivity contribution in [2.45, 2.75) is 0 Å². The summed E-state index contributed by atoms with van der Waals surface area (Å²) in [5.74, 6) is 6.39. The Morgan fingerprint density at radius 2 is 1.92 bits per heavy atom. The van der Waals surface area contributed by atoms with Crippen LogP contribution in [0.5, 0.6) is 5.75 Å². The molecule has 0 aliphatic heterocycles. The van der Waals surface area contributed by atoms with Crippen LogP contribution >= 0.6 is 0 Å². The summed E-state index contributed by atoms with van der Waals surface area (Å²) in [6.07, 6.45) is 3.36. The number of methoxy groups -OCH3 is 1. The number of rotatable bonds is 3. The van der Waals surface area contributed by atoms with E-state index in [0.717, 1.165) is 5.75 Å². The molecule has 3 heteroatoms. The van der Waals surface area contributed by atoms with Crippen molar-refractivity contribution >= 4 is 0 Å². The molecule has 0 radical (unpaired) electrons. The van der Waals surface area contributed by atoms with Gasteiger partial charge in [0.05, 0.1) is 0 Å². The van der Waals surface area contributed by atoms with E-state index in [2.05, 4.69) is 16.8 Å². The highest BCUT2D eigenvalue weighted by atomic mass is 16.5. The van der Waals surface area contributed by atoms with E-state index in [4.69, 9.17) is 9.47 Å². The molecule has 3 nitrogen and oxygen atoms in total. The van der Waals surface area contributed by atoms with Gasteiger partial charge in [0, 0.05) is 19.5 Å². The summed E-state index contributed by atoms with van der Waals surface area (Å²) in [6, 6.07) is 3.58. The third-order valence-electron chi connectivity index (χ3n) is 1.30. The summed E-state index contributed by atoms with van der Waals surface area (Å²) in [4.78, 5) is 3.87. The first-order valence-corrected chi connectivity index (χ1v) is 3.91. The van der Waals surface area contributed by atoms with Crippen molar-refractivity contribution in [3.63, 3.8) is 0 Å². The van der Waals surface area contributed by atoms with Crippen LogP contribution in [0, 0.1) is 11.8 Å². The molecule has 0 aliphatic carbocycles. The zero-order chi connectivity index (χ0) is 9.36. The molecule has 68 valence electrons. The fourth-order valence-corrected chi connectivity index (χ4v) is 0.728.